The van der Waals surface area contributed by atoms with Crippen LogP contribution in [0.3, 0.4) is 0 Å². The molecule has 0 aliphatic heterocycles. The van der Waals surface area contributed by atoms with Crippen LogP contribution in [0.1, 0.15) is 19.8 Å². The van der Waals surface area contributed by atoms with Gasteiger partial charge in [-0.3, -0.25) is 0 Å². The highest BCUT2D eigenvalue weighted by atomic mass is 28.3. The lowest BCUT2D eigenvalue weighted by Crippen LogP contribution is -2.30. The minimum absolute atomic E-state index is 0.991. The first-order chi connectivity index (χ1) is 7.83. The van der Waals surface area contributed by atoms with E-state index in [1.807, 2.05) is 12.1 Å². The van der Waals surface area contributed by atoms with Crippen molar-refractivity contribution in [1.29, 1.82) is 0 Å². The molecule has 0 fully saturated rings. The van der Waals surface area contributed by atoms with E-state index in [2.05, 4.69) is 37.3 Å². The zero-order valence-corrected chi connectivity index (χ0v) is 10.8. The molecule has 0 aliphatic rings. The Morgan fingerprint density at radius 2 is 1.81 bits per heavy atom. The Hall–Kier alpha value is -1.12. The molecule has 1 unspecified atom stereocenters. The zero-order valence-electron chi connectivity index (χ0n) is 9.69. The third-order valence-electron chi connectivity index (χ3n) is 3.01. The van der Waals surface area contributed by atoms with E-state index in [0.29, 0.717) is 0 Å². The first-order valence-electron chi connectivity index (χ1n) is 5.98. The van der Waals surface area contributed by atoms with E-state index >= 15 is 0 Å². The Labute approximate surface area is 98.5 Å². The first-order valence-corrected chi connectivity index (χ1v) is 7.89. The molecule has 84 valence electrons. The van der Waals surface area contributed by atoms with E-state index in [4.69, 9.17) is 0 Å². The summed E-state index contributed by atoms with van der Waals surface area (Å²) in [5, 5.41) is 3.68. The Balaban J connectivity index is 2.36. The first kappa shape index (κ1) is 11.4. The van der Waals surface area contributed by atoms with Gasteiger partial charge in [-0.1, -0.05) is 62.2 Å². The molecule has 0 saturated heterocycles. The summed E-state index contributed by atoms with van der Waals surface area (Å²) in [5.74, 6) is 0. The van der Waals surface area contributed by atoms with Crippen LogP contribution in [0, 0.1) is 0 Å². The summed E-state index contributed by atoms with van der Waals surface area (Å²) >= 11 is 0. The molecule has 0 saturated carbocycles. The standard InChI is InChI=1S/C14H18OSi/c1-2-3-11-16(15)14-10-6-8-12-7-4-5-9-13(12)14/h4-10,15-16H,2-3,11H2,1H3. The van der Waals surface area contributed by atoms with E-state index in [9.17, 15) is 4.80 Å². The quantitative estimate of drug-likeness (QED) is 0.800. The van der Waals surface area contributed by atoms with Crippen LogP contribution in [0.15, 0.2) is 42.5 Å². The molecule has 2 heteroatoms. The fourth-order valence-electron chi connectivity index (χ4n) is 2.09. The van der Waals surface area contributed by atoms with Crippen LogP contribution in [0.4, 0.5) is 0 Å². The molecular formula is C14H18OSi. The summed E-state index contributed by atoms with van der Waals surface area (Å²) in [6.45, 7) is 2.17. The number of rotatable bonds is 4. The minimum atomic E-state index is -1.73. The van der Waals surface area contributed by atoms with Gasteiger partial charge < -0.3 is 4.80 Å². The molecule has 1 N–H and O–H groups in total. The van der Waals surface area contributed by atoms with E-state index in [0.717, 1.165) is 18.9 Å². The average Bonchev–Trinajstić information content (AvgIpc) is 2.35. The summed E-state index contributed by atoms with van der Waals surface area (Å²) in [6, 6.07) is 15.6. The van der Waals surface area contributed by atoms with Crippen molar-refractivity contribution in [3.63, 3.8) is 0 Å². The molecule has 0 radical (unpaired) electrons. The summed E-state index contributed by atoms with van der Waals surface area (Å²) < 4.78 is 0. The monoisotopic (exact) mass is 230 g/mol. The molecular weight excluding hydrogens is 212 g/mol. The van der Waals surface area contributed by atoms with Crippen LogP contribution >= 0.6 is 0 Å². The second-order valence-electron chi connectivity index (χ2n) is 4.23. The largest absolute Gasteiger partial charge is 0.430 e. The van der Waals surface area contributed by atoms with Gasteiger partial charge in [0.05, 0.1) is 0 Å². The van der Waals surface area contributed by atoms with Gasteiger partial charge in [-0.15, -0.1) is 0 Å². The number of hydrogen-bond donors (Lipinski definition) is 1. The Morgan fingerprint density at radius 1 is 1.06 bits per heavy atom. The lowest BCUT2D eigenvalue weighted by Gasteiger charge is -2.11. The Kier molecular flexibility index (Phi) is 3.75. The van der Waals surface area contributed by atoms with Crippen LogP contribution in [-0.4, -0.2) is 13.8 Å². The second-order valence-corrected chi connectivity index (χ2v) is 6.46. The highest BCUT2D eigenvalue weighted by Gasteiger charge is 2.12. The van der Waals surface area contributed by atoms with Crippen molar-refractivity contribution in [1.82, 2.24) is 0 Å². The van der Waals surface area contributed by atoms with Crippen molar-refractivity contribution >= 4 is 25.0 Å². The fraction of sp³-hybridized carbons (Fsp3) is 0.286. The summed E-state index contributed by atoms with van der Waals surface area (Å²) in [6.07, 6.45) is 2.30. The highest BCUT2D eigenvalue weighted by Crippen LogP contribution is 2.12. The smallest absolute Gasteiger partial charge is 0.204 e. The Bertz CT molecular complexity index is 462. The molecule has 0 bridgehead atoms. The normalized spacial score (nSPS) is 12.9. The maximum absolute atomic E-state index is 10.3. The van der Waals surface area contributed by atoms with Crippen molar-refractivity contribution in [2.24, 2.45) is 0 Å². The lowest BCUT2D eigenvalue weighted by molar-refractivity contribution is 0.578. The maximum atomic E-state index is 10.3. The molecule has 2 aromatic carbocycles. The van der Waals surface area contributed by atoms with Gasteiger partial charge in [0.1, 0.15) is 0 Å². The van der Waals surface area contributed by atoms with Crippen molar-refractivity contribution in [2.45, 2.75) is 25.8 Å². The van der Waals surface area contributed by atoms with Crippen LogP contribution in [0.5, 0.6) is 0 Å². The highest BCUT2D eigenvalue weighted by molar-refractivity contribution is 6.68. The predicted octanol–water partition coefficient (Wildman–Crippen LogP) is 2.56. The van der Waals surface area contributed by atoms with Gasteiger partial charge >= 0.3 is 0 Å². The van der Waals surface area contributed by atoms with Crippen LogP contribution in [-0.2, 0) is 0 Å². The van der Waals surface area contributed by atoms with Crippen LogP contribution in [0.25, 0.3) is 10.8 Å². The number of benzene rings is 2. The van der Waals surface area contributed by atoms with Gasteiger partial charge in [0.25, 0.3) is 0 Å². The number of unbranched alkanes of at least 4 members (excludes halogenated alkanes) is 1. The third kappa shape index (κ3) is 2.34. The van der Waals surface area contributed by atoms with Crippen molar-refractivity contribution < 1.29 is 4.80 Å². The average molecular weight is 230 g/mol. The van der Waals surface area contributed by atoms with E-state index in [1.165, 1.54) is 16.0 Å². The van der Waals surface area contributed by atoms with Crippen LogP contribution in [0.2, 0.25) is 6.04 Å². The number of hydrogen-bond acceptors (Lipinski definition) is 1. The Morgan fingerprint density at radius 3 is 2.62 bits per heavy atom. The third-order valence-corrected chi connectivity index (χ3v) is 5.19. The van der Waals surface area contributed by atoms with Gasteiger partial charge in [-0.25, -0.2) is 0 Å². The van der Waals surface area contributed by atoms with Gasteiger partial charge in [-0.2, -0.15) is 0 Å². The molecule has 2 rings (SSSR count). The van der Waals surface area contributed by atoms with E-state index in [-0.39, 0.29) is 0 Å². The zero-order chi connectivity index (χ0) is 11.4. The van der Waals surface area contributed by atoms with E-state index < -0.39 is 9.04 Å². The molecule has 0 spiro atoms. The molecule has 0 aliphatic carbocycles. The van der Waals surface area contributed by atoms with Crippen molar-refractivity contribution in [3.05, 3.63) is 42.5 Å². The van der Waals surface area contributed by atoms with E-state index in [1.54, 1.807) is 0 Å². The van der Waals surface area contributed by atoms with Gasteiger partial charge in [0.2, 0.25) is 9.04 Å². The summed E-state index contributed by atoms with van der Waals surface area (Å²) in [5.41, 5.74) is 0. The van der Waals surface area contributed by atoms with Crippen molar-refractivity contribution in [3.8, 4) is 0 Å². The maximum Gasteiger partial charge on any atom is 0.204 e. The van der Waals surface area contributed by atoms with Gasteiger partial charge in [-0.05, 0) is 22.0 Å². The van der Waals surface area contributed by atoms with Gasteiger partial charge in [0, 0.05) is 0 Å². The SMILES string of the molecule is CCCC[SiH](O)c1cccc2ccccc12. The topological polar surface area (TPSA) is 20.2 Å². The molecule has 0 aromatic heterocycles. The summed E-state index contributed by atoms with van der Waals surface area (Å²) in [4.78, 5) is 10.3. The van der Waals surface area contributed by atoms with Crippen molar-refractivity contribution in [2.75, 3.05) is 0 Å². The lowest BCUT2D eigenvalue weighted by atomic mass is 10.1. The molecule has 2 aromatic rings. The summed E-state index contributed by atoms with van der Waals surface area (Å²) in [7, 11) is -1.73. The van der Waals surface area contributed by atoms with Crippen LogP contribution < -0.4 is 5.19 Å². The van der Waals surface area contributed by atoms with Gasteiger partial charge in [0.15, 0.2) is 0 Å². The molecule has 0 heterocycles. The predicted molar refractivity (Wildman–Crippen MR) is 72.7 cm³/mol. The molecule has 1 atom stereocenters. The molecule has 16 heavy (non-hydrogen) atoms. The number of fused-ring (bicyclic) bond motifs is 1. The molecule has 0 amide bonds. The second kappa shape index (κ2) is 5.28. The fourth-order valence-corrected chi connectivity index (χ4v) is 4.16. The molecule has 1 nitrogen and oxygen atoms in total. The minimum Gasteiger partial charge on any atom is -0.430 e.